The first kappa shape index (κ1) is 56.9. The number of hydrogen-bond acceptors (Lipinski definition) is 5. The molecule has 1 fully saturated rings. The number of alkyl halides is 18. The topological polar surface area (TPSA) is 111 Å². The summed E-state index contributed by atoms with van der Waals surface area (Å²) in [7, 11) is 0. The molecule has 2 amide bonds. The van der Waals surface area contributed by atoms with Crippen LogP contribution in [-0.2, 0) is 47.3 Å². The van der Waals surface area contributed by atoms with Gasteiger partial charge in [0, 0.05) is 6.54 Å². The van der Waals surface area contributed by atoms with E-state index in [0.717, 1.165) is 6.08 Å². The lowest BCUT2D eigenvalue weighted by molar-refractivity contribution is -0.145. The Kier molecular flexibility index (Phi) is 18.7. The highest BCUT2D eigenvalue weighted by Gasteiger charge is 2.42. The minimum Gasteiger partial charge on any atom is -0.393 e. The molecule has 1 aliphatic heterocycles. The molecular weight excluding hydrogens is 962 g/mol. The van der Waals surface area contributed by atoms with Crippen LogP contribution in [0.3, 0.4) is 0 Å². The largest absolute Gasteiger partial charge is 0.416 e. The van der Waals surface area contributed by atoms with Gasteiger partial charge in [-0.25, -0.2) is 4.79 Å². The Morgan fingerprint density at radius 2 is 0.955 bits per heavy atom. The molecule has 1 heterocycles. The van der Waals surface area contributed by atoms with Gasteiger partial charge in [-0.3, -0.25) is 0 Å². The van der Waals surface area contributed by atoms with Gasteiger partial charge in [0.15, 0.2) is 0 Å². The van der Waals surface area contributed by atoms with Gasteiger partial charge in [-0.1, -0.05) is 43.0 Å². The van der Waals surface area contributed by atoms with E-state index in [2.05, 4.69) is 17.2 Å². The molecule has 0 spiro atoms. The molecule has 4 aromatic rings. The number of amides is 2. The third-order valence-electron chi connectivity index (χ3n) is 8.92. The van der Waals surface area contributed by atoms with Crippen molar-refractivity contribution < 1.29 is 104 Å². The summed E-state index contributed by atoms with van der Waals surface area (Å²) in [6.07, 6.45) is -31.9. The van der Waals surface area contributed by atoms with Gasteiger partial charge in [0.1, 0.15) is 17.7 Å². The molecular formula is C40H34F18N2O5S. The lowest BCUT2D eigenvalue weighted by Gasteiger charge is -2.30. The van der Waals surface area contributed by atoms with Gasteiger partial charge in [0.2, 0.25) is 0 Å². The number of urea groups is 1. The Hall–Kier alpha value is -5.18. The van der Waals surface area contributed by atoms with E-state index in [1.165, 1.54) is 0 Å². The average Bonchev–Trinajstić information content (AvgIpc) is 3.60. The number of carbonyl (C=O) groups is 1. The van der Waals surface area contributed by atoms with Crippen molar-refractivity contribution in [2.45, 2.75) is 54.8 Å². The Morgan fingerprint density at radius 3 is 1.26 bits per heavy atom. The van der Waals surface area contributed by atoms with Crippen LogP contribution in [0.25, 0.3) is 6.08 Å². The summed E-state index contributed by atoms with van der Waals surface area (Å²) in [5, 5.41) is 32.6. The number of rotatable bonds is 9. The molecule has 0 bridgehead atoms. The summed E-state index contributed by atoms with van der Waals surface area (Å²) >= 11 is 0. The maximum Gasteiger partial charge on any atom is 0.416 e. The van der Waals surface area contributed by atoms with E-state index in [1.807, 2.05) is 0 Å². The first-order valence-corrected chi connectivity index (χ1v) is 17.8. The van der Waals surface area contributed by atoms with Crippen molar-refractivity contribution in [2.24, 2.45) is 0 Å². The molecule has 5 N–H and O–H groups in total. The highest BCUT2D eigenvalue weighted by Crippen LogP contribution is 2.40. The van der Waals surface area contributed by atoms with Crippen LogP contribution in [0.2, 0.25) is 0 Å². The van der Waals surface area contributed by atoms with Gasteiger partial charge in [0.05, 0.1) is 53.2 Å². The highest BCUT2D eigenvalue weighted by atomic mass is 32.1. The van der Waals surface area contributed by atoms with Crippen LogP contribution in [0.15, 0.2) is 91.5 Å². The molecule has 7 nitrogen and oxygen atoms in total. The molecule has 66 heavy (non-hydrogen) atoms. The molecule has 0 aromatic heterocycles. The lowest BCUT2D eigenvalue weighted by atomic mass is 9.91. The summed E-state index contributed by atoms with van der Waals surface area (Å²) < 4.78 is 232. The second-order valence-electron chi connectivity index (χ2n) is 13.7. The van der Waals surface area contributed by atoms with Crippen LogP contribution >= 0.6 is 13.5 Å². The Balaban J connectivity index is 0.000000366. The van der Waals surface area contributed by atoms with Gasteiger partial charge in [-0.05, 0) is 76.9 Å². The first-order valence-electron chi connectivity index (χ1n) is 17.8. The van der Waals surface area contributed by atoms with Gasteiger partial charge in [0.25, 0.3) is 0 Å². The van der Waals surface area contributed by atoms with Gasteiger partial charge in [-0.2, -0.15) is 92.5 Å². The molecule has 1 aliphatic rings. The normalized spacial score (nSPS) is 16.6. The van der Waals surface area contributed by atoms with E-state index in [4.69, 9.17) is 14.9 Å². The standard InChI is InChI=1S/C20H18F6N2O3.C10H8F6O2.C10H6F6.H2S/c21-19(22,23)14-6-12(7-15(8-14)20(24,25)26)16(9-29)31-11-18(10-27-17(30)28-18)13-4-2-1-3-5-13;11-9(12,13)6-1-5(8(18)4-17)2-7(3-6)10(14,15)16;1-2-6-3-7(9(11,12)13)5-8(4-6)10(14,15)16;/h1-8,16,29H,9-11H2,(H2,27,28,30);1-3,8,17-18H,4H2;2-5H,1H2;1H2/t16-,18-;8-;;/m11../s1. The van der Waals surface area contributed by atoms with Crippen LogP contribution in [0.5, 0.6) is 0 Å². The molecule has 0 unspecified atom stereocenters. The smallest absolute Gasteiger partial charge is 0.393 e. The Morgan fingerprint density at radius 1 is 0.591 bits per heavy atom. The third-order valence-corrected chi connectivity index (χ3v) is 8.92. The molecule has 26 heteroatoms. The number of nitrogens with one attached hydrogen (secondary N) is 2. The minimum atomic E-state index is -5.02. The zero-order chi connectivity index (χ0) is 49.6. The summed E-state index contributed by atoms with van der Waals surface area (Å²) in [6, 6.07) is 11.0. The fourth-order valence-corrected chi connectivity index (χ4v) is 5.67. The van der Waals surface area contributed by atoms with Crippen molar-refractivity contribution >= 4 is 25.6 Å². The predicted octanol–water partition coefficient (Wildman–Crippen LogP) is 11.2. The molecule has 0 radical (unpaired) electrons. The van der Waals surface area contributed by atoms with Crippen molar-refractivity contribution in [1.29, 1.82) is 0 Å². The third kappa shape index (κ3) is 15.7. The number of aliphatic hydroxyl groups is 3. The number of ether oxygens (including phenoxy) is 1. The Bertz CT molecular complexity index is 2150. The zero-order valence-corrected chi connectivity index (χ0v) is 33.8. The van der Waals surface area contributed by atoms with Crippen molar-refractivity contribution in [3.8, 4) is 0 Å². The number of halogens is 18. The molecule has 366 valence electrons. The zero-order valence-electron chi connectivity index (χ0n) is 32.8. The van der Waals surface area contributed by atoms with Crippen LogP contribution < -0.4 is 10.6 Å². The van der Waals surface area contributed by atoms with Crippen LogP contribution in [0.4, 0.5) is 83.8 Å². The van der Waals surface area contributed by atoms with Crippen molar-refractivity contribution in [3.63, 3.8) is 0 Å². The number of carbonyl (C=O) groups excluding carboxylic acids is 1. The monoisotopic (exact) mass is 996 g/mol. The second-order valence-corrected chi connectivity index (χ2v) is 13.7. The Labute approximate surface area is 368 Å². The molecule has 0 aliphatic carbocycles. The molecule has 5 rings (SSSR count). The van der Waals surface area contributed by atoms with E-state index in [1.54, 1.807) is 30.3 Å². The van der Waals surface area contributed by atoms with Crippen LogP contribution in [0.1, 0.15) is 67.8 Å². The summed E-state index contributed by atoms with van der Waals surface area (Å²) in [4.78, 5) is 11.7. The lowest BCUT2D eigenvalue weighted by Crippen LogP contribution is -2.45. The number of aliphatic hydroxyl groups excluding tert-OH is 3. The summed E-state index contributed by atoms with van der Waals surface area (Å²) in [6.45, 7) is 1.07. The molecule has 1 saturated heterocycles. The van der Waals surface area contributed by atoms with Crippen molar-refractivity contribution in [2.75, 3.05) is 26.4 Å². The fraction of sp³-hybridized carbons (Fsp3) is 0.325. The van der Waals surface area contributed by atoms with Crippen molar-refractivity contribution in [1.82, 2.24) is 10.6 Å². The van der Waals surface area contributed by atoms with E-state index >= 15 is 0 Å². The number of hydrogen-bond donors (Lipinski definition) is 5. The van der Waals surface area contributed by atoms with E-state index in [0.29, 0.717) is 42.0 Å². The van der Waals surface area contributed by atoms with Crippen molar-refractivity contribution in [3.05, 3.63) is 147 Å². The van der Waals surface area contributed by atoms with Gasteiger partial charge >= 0.3 is 43.1 Å². The summed E-state index contributed by atoms with van der Waals surface area (Å²) in [5.41, 5.74) is -10.6. The molecule has 3 atom stereocenters. The second kappa shape index (κ2) is 21.6. The van der Waals surface area contributed by atoms with E-state index in [-0.39, 0.29) is 50.4 Å². The van der Waals surface area contributed by atoms with Gasteiger partial charge in [-0.15, -0.1) is 0 Å². The first-order chi connectivity index (χ1) is 29.6. The van der Waals surface area contributed by atoms with E-state index in [9.17, 15) is 88.9 Å². The maximum absolute atomic E-state index is 13.1. The van der Waals surface area contributed by atoms with Gasteiger partial charge < -0.3 is 30.7 Å². The maximum atomic E-state index is 13.1. The van der Waals surface area contributed by atoms with Crippen LogP contribution in [0, 0.1) is 0 Å². The highest BCUT2D eigenvalue weighted by molar-refractivity contribution is 7.59. The SMILES string of the molecule is C=Cc1cc(C(F)(F)F)cc(C(F)(F)F)c1.O=C1NC[C@@](CO[C@H](CO)c2cc(C(F)(F)F)cc(C(F)(F)F)c2)(c2ccccc2)N1.OC[C@@H](O)c1cc(C(F)(F)F)cc(C(F)(F)F)c1.S. The minimum absolute atomic E-state index is 0. The molecule has 4 aromatic carbocycles. The quantitative estimate of drug-likeness (QED) is 0.107. The average molecular weight is 997 g/mol. The number of benzene rings is 4. The van der Waals surface area contributed by atoms with Crippen LogP contribution in [-0.4, -0.2) is 47.7 Å². The van der Waals surface area contributed by atoms with E-state index < -0.39 is 119 Å². The predicted molar refractivity (Wildman–Crippen MR) is 202 cm³/mol. The summed E-state index contributed by atoms with van der Waals surface area (Å²) in [5.74, 6) is 0. The fourth-order valence-electron chi connectivity index (χ4n) is 5.67. The molecule has 0 saturated carbocycles.